The highest BCUT2D eigenvalue weighted by Crippen LogP contribution is 2.29. The number of nitrogens with zero attached hydrogens (tertiary/aromatic N) is 4. The van der Waals surface area contributed by atoms with Crippen molar-refractivity contribution in [2.24, 2.45) is 0 Å². The number of nitro groups is 1. The number of piperidine rings is 2. The van der Waals surface area contributed by atoms with Crippen molar-refractivity contribution in [3.8, 4) is 0 Å². The Labute approximate surface area is 176 Å². The Morgan fingerprint density at radius 2 is 1.60 bits per heavy atom. The predicted molar refractivity (Wildman–Crippen MR) is 117 cm³/mol. The average Bonchev–Trinajstić information content (AvgIpc) is 2.80. The van der Waals surface area contributed by atoms with Crippen LogP contribution in [0, 0.1) is 10.1 Å². The fourth-order valence-electron chi connectivity index (χ4n) is 4.21. The average molecular weight is 409 g/mol. The minimum Gasteiger partial charge on any atom is -0.371 e. The van der Waals surface area contributed by atoms with E-state index in [1.54, 1.807) is 18.3 Å². The zero-order valence-electron chi connectivity index (χ0n) is 17.0. The van der Waals surface area contributed by atoms with E-state index in [9.17, 15) is 14.9 Å². The Hall–Kier alpha value is -3.16. The highest BCUT2D eigenvalue weighted by molar-refractivity contribution is 6.08. The summed E-state index contributed by atoms with van der Waals surface area (Å²) in [6, 6.07) is 8.27. The van der Waals surface area contributed by atoms with Gasteiger partial charge in [-0.3, -0.25) is 14.9 Å². The van der Waals surface area contributed by atoms with Crippen molar-refractivity contribution in [2.75, 3.05) is 41.3 Å². The summed E-state index contributed by atoms with van der Waals surface area (Å²) in [6.07, 6.45) is 8.68. The topological polar surface area (TPSA) is 91.6 Å². The highest BCUT2D eigenvalue weighted by atomic mass is 16.6. The van der Waals surface area contributed by atoms with Gasteiger partial charge < -0.3 is 15.1 Å². The minimum atomic E-state index is -0.470. The van der Waals surface area contributed by atoms with Crippen molar-refractivity contribution < 1.29 is 9.72 Å². The summed E-state index contributed by atoms with van der Waals surface area (Å²) in [4.78, 5) is 32.6. The van der Waals surface area contributed by atoms with E-state index in [4.69, 9.17) is 0 Å². The second-order valence-electron chi connectivity index (χ2n) is 7.91. The molecule has 2 aliphatic rings. The highest BCUT2D eigenvalue weighted by Gasteiger charge is 2.22. The summed E-state index contributed by atoms with van der Waals surface area (Å²) in [5, 5.41) is 14.1. The molecule has 2 saturated heterocycles. The van der Waals surface area contributed by atoms with E-state index in [0.29, 0.717) is 11.4 Å². The van der Waals surface area contributed by atoms with Gasteiger partial charge in [-0.1, -0.05) is 0 Å². The number of carbonyl (C=O) groups excluding carboxylic acids is 1. The molecule has 1 aromatic heterocycles. The molecule has 30 heavy (non-hydrogen) atoms. The SMILES string of the molecule is O=C(Nc1ccc(N2CCCCC2)cn1)c1cc([N+](=O)[O-])ccc1N1CCCCC1. The first-order valence-corrected chi connectivity index (χ1v) is 10.7. The number of hydrogen-bond acceptors (Lipinski definition) is 6. The van der Waals surface area contributed by atoms with Gasteiger partial charge in [0.15, 0.2) is 0 Å². The molecule has 158 valence electrons. The van der Waals surface area contributed by atoms with Gasteiger partial charge in [0.25, 0.3) is 11.6 Å². The lowest BCUT2D eigenvalue weighted by atomic mass is 10.1. The number of carbonyl (C=O) groups is 1. The van der Waals surface area contributed by atoms with Crippen LogP contribution in [0.25, 0.3) is 0 Å². The largest absolute Gasteiger partial charge is 0.371 e. The third-order valence-corrected chi connectivity index (χ3v) is 5.84. The molecule has 0 radical (unpaired) electrons. The van der Waals surface area contributed by atoms with Crippen LogP contribution in [0.4, 0.5) is 22.9 Å². The van der Waals surface area contributed by atoms with Gasteiger partial charge in [-0.25, -0.2) is 4.98 Å². The van der Waals surface area contributed by atoms with Crippen LogP contribution in [0.1, 0.15) is 48.9 Å². The lowest BCUT2D eigenvalue weighted by Crippen LogP contribution is -2.31. The van der Waals surface area contributed by atoms with Crippen LogP contribution in [0.15, 0.2) is 36.5 Å². The van der Waals surface area contributed by atoms with Crippen molar-refractivity contribution in [3.05, 3.63) is 52.2 Å². The molecule has 4 rings (SSSR count). The summed E-state index contributed by atoms with van der Waals surface area (Å²) in [5.74, 6) is 0.0642. The molecule has 0 spiro atoms. The van der Waals surface area contributed by atoms with Crippen molar-refractivity contribution in [3.63, 3.8) is 0 Å². The van der Waals surface area contributed by atoms with Crippen LogP contribution in [0.3, 0.4) is 0 Å². The number of pyridine rings is 1. The molecule has 8 nitrogen and oxygen atoms in total. The molecule has 0 unspecified atom stereocenters. The van der Waals surface area contributed by atoms with E-state index < -0.39 is 4.92 Å². The molecule has 0 saturated carbocycles. The lowest BCUT2D eigenvalue weighted by molar-refractivity contribution is -0.384. The maximum atomic E-state index is 13.0. The first-order chi connectivity index (χ1) is 14.6. The zero-order chi connectivity index (χ0) is 20.9. The van der Waals surface area contributed by atoms with Crippen LogP contribution in [0.2, 0.25) is 0 Å². The third-order valence-electron chi connectivity index (χ3n) is 5.84. The van der Waals surface area contributed by atoms with E-state index in [1.165, 1.54) is 31.4 Å². The van der Waals surface area contributed by atoms with Gasteiger partial charge >= 0.3 is 0 Å². The van der Waals surface area contributed by atoms with Crippen molar-refractivity contribution in [2.45, 2.75) is 38.5 Å². The molecule has 0 aliphatic carbocycles. The molecule has 0 bridgehead atoms. The number of nitrogens with one attached hydrogen (secondary N) is 1. The Bertz CT molecular complexity index is 903. The molecule has 1 amide bonds. The van der Waals surface area contributed by atoms with Gasteiger partial charge in [0.05, 0.1) is 28.1 Å². The summed E-state index contributed by atoms with van der Waals surface area (Å²) in [6.45, 7) is 3.75. The molecule has 8 heteroatoms. The predicted octanol–water partition coefficient (Wildman–Crippen LogP) is 4.22. The third kappa shape index (κ3) is 4.53. The number of non-ortho nitro benzene ring substituents is 1. The van der Waals surface area contributed by atoms with Crippen LogP contribution >= 0.6 is 0 Å². The number of hydrogen-bond donors (Lipinski definition) is 1. The summed E-state index contributed by atoms with van der Waals surface area (Å²) in [7, 11) is 0. The maximum absolute atomic E-state index is 13.0. The van der Waals surface area contributed by atoms with Crippen molar-refractivity contribution in [1.29, 1.82) is 0 Å². The molecule has 2 aromatic rings. The second kappa shape index (κ2) is 9.11. The Balaban J connectivity index is 1.54. The van der Waals surface area contributed by atoms with E-state index in [2.05, 4.69) is 20.1 Å². The normalized spacial score (nSPS) is 16.9. The fourth-order valence-corrected chi connectivity index (χ4v) is 4.21. The zero-order valence-corrected chi connectivity index (χ0v) is 17.0. The monoisotopic (exact) mass is 409 g/mol. The summed E-state index contributed by atoms with van der Waals surface area (Å²) >= 11 is 0. The fraction of sp³-hybridized carbons (Fsp3) is 0.455. The Kier molecular flexibility index (Phi) is 6.11. The van der Waals surface area contributed by atoms with Gasteiger partial charge in [-0.2, -0.15) is 0 Å². The second-order valence-corrected chi connectivity index (χ2v) is 7.91. The molecular formula is C22H27N5O3. The quantitative estimate of drug-likeness (QED) is 0.587. The van der Waals surface area contributed by atoms with E-state index >= 15 is 0 Å². The first-order valence-electron chi connectivity index (χ1n) is 10.7. The van der Waals surface area contributed by atoms with E-state index in [-0.39, 0.29) is 11.6 Å². The van der Waals surface area contributed by atoms with Gasteiger partial charge in [-0.15, -0.1) is 0 Å². The van der Waals surface area contributed by atoms with Crippen LogP contribution in [0.5, 0.6) is 0 Å². The summed E-state index contributed by atoms with van der Waals surface area (Å²) in [5.41, 5.74) is 2.02. The maximum Gasteiger partial charge on any atom is 0.270 e. The molecule has 3 heterocycles. The molecule has 1 aromatic carbocycles. The number of anilines is 3. The number of amides is 1. The van der Waals surface area contributed by atoms with Crippen LogP contribution < -0.4 is 15.1 Å². The van der Waals surface area contributed by atoms with Crippen molar-refractivity contribution in [1.82, 2.24) is 4.98 Å². The lowest BCUT2D eigenvalue weighted by Gasteiger charge is -2.30. The molecular weight excluding hydrogens is 382 g/mol. The Morgan fingerprint density at radius 3 is 2.20 bits per heavy atom. The number of nitro benzene ring substituents is 1. The molecule has 0 atom stereocenters. The van der Waals surface area contributed by atoms with Gasteiger partial charge in [0.2, 0.25) is 0 Å². The Morgan fingerprint density at radius 1 is 0.933 bits per heavy atom. The van der Waals surface area contributed by atoms with Crippen LogP contribution in [-0.2, 0) is 0 Å². The number of aromatic nitrogens is 1. The number of rotatable bonds is 5. The van der Waals surface area contributed by atoms with E-state index in [0.717, 1.165) is 56.8 Å². The van der Waals surface area contributed by atoms with Gasteiger partial charge in [-0.05, 0) is 56.7 Å². The van der Waals surface area contributed by atoms with Gasteiger partial charge in [0, 0.05) is 38.3 Å². The van der Waals surface area contributed by atoms with E-state index in [1.807, 2.05) is 6.07 Å². The minimum absolute atomic E-state index is 0.0886. The summed E-state index contributed by atoms with van der Waals surface area (Å²) < 4.78 is 0. The molecule has 2 aliphatic heterocycles. The molecule has 1 N–H and O–H groups in total. The standard InChI is InChI=1S/C22H27N5O3/c28-22(24-21-10-8-18(16-23-21)25-11-3-1-4-12-25)19-15-17(27(29)30)7-9-20(19)26-13-5-2-6-14-26/h7-10,15-16H,1-6,11-14H2,(H,23,24,28). The first kappa shape index (κ1) is 20.1. The van der Waals surface area contributed by atoms with Crippen LogP contribution in [-0.4, -0.2) is 42.0 Å². The van der Waals surface area contributed by atoms with Crippen molar-refractivity contribution >= 4 is 28.8 Å². The number of benzene rings is 1. The molecule has 2 fully saturated rings. The smallest absolute Gasteiger partial charge is 0.270 e. The van der Waals surface area contributed by atoms with Gasteiger partial charge in [0.1, 0.15) is 5.82 Å².